The van der Waals surface area contributed by atoms with Gasteiger partial charge in [0.1, 0.15) is 11.5 Å². The van der Waals surface area contributed by atoms with E-state index < -0.39 is 18.7 Å². The van der Waals surface area contributed by atoms with Crippen LogP contribution in [0.2, 0.25) is 0 Å². The molecule has 0 spiro atoms. The van der Waals surface area contributed by atoms with Gasteiger partial charge in [-0.25, -0.2) is 0 Å². The molecule has 6 heteroatoms. The second-order valence-corrected chi connectivity index (χ2v) is 5.20. The maximum absolute atomic E-state index is 11.7. The van der Waals surface area contributed by atoms with Crippen LogP contribution >= 0.6 is 0 Å². The Labute approximate surface area is 146 Å². The zero-order valence-corrected chi connectivity index (χ0v) is 14.2. The van der Waals surface area contributed by atoms with Crippen LogP contribution in [0.3, 0.4) is 0 Å². The van der Waals surface area contributed by atoms with Crippen molar-refractivity contribution in [2.45, 2.75) is 12.8 Å². The van der Waals surface area contributed by atoms with Crippen molar-refractivity contribution in [1.29, 1.82) is 0 Å². The predicted molar refractivity (Wildman–Crippen MR) is 90.4 cm³/mol. The molecule has 132 valence electrons. The summed E-state index contributed by atoms with van der Waals surface area (Å²) >= 11 is 0. The first-order valence-electron chi connectivity index (χ1n) is 7.68. The molecule has 0 bridgehead atoms. The average Bonchev–Trinajstić information content (AvgIpc) is 2.63. The highest BCUT2D eigenvalue weighted by atomic mass is 16.7. The number of hydrogen-bond donors (Lipinski definition) is 0. The molecule has 0 saturated heterocycles. The lowest BCUT2D eigenvalue weighted by Gasteiger charge is -2.07. The first kappa shape index (κ1) is 18.3. The second-order valence-electron chi connectivity index (χ2n) is 5.20. The number of esters is 2. The van der Waals surface area contributed by atoms with E-state index in [0.29, 0.717) is 11.5 Å². The summed E-state index contributed by atoms with van der Waals surface area (Å²) in [7, 11) is 3.15. The summed E-state index contributed by atoms with van der Waals surface area (Å²) < 4.78 is 19.9. The maximum atomic E-state index is 11.7. The Hall–Kier alpha value is -3.02. The maximum Gasteiger partial charge on any atom is 0.313 e. The van der Waals surface area contributed by atoms with Gasteiger partial charge in [-0.05, 0) is 35.4 Å². The van der Waals surface area contributed by atoms with E-state index in [-0.39, 0.29) is 12.8 Å². The van der Waals surface area contributed by atoms with E-state index in [4.69, 9.17) is 18.9 Å². The summed E-state index contributed by atoms with van der Waals surface area (Å²) in [6.45, 7) is -0.399. The monoisotopic (exact) mass is 344 g/mol. The summed E-state index contributed by atoms with van der Waals surface area (Å²) in [5.41, 5.74) is 1.57. The summed E-state index contributed by atoms with van der Waals surface area (Å²) in [5.74, 6) is 0.485. The van der Waals surface area contributed by atoms with Gasteiger partial charge in [0.2, 0.25) is 6.79 Å². The number of methoxy groups -OCH3 is 2. The van der Waals surface area contributed by atoms with E-state index in [0.717, 1.165) is 11.1 Å². The Balaban J connectivity index is 1.69. The lowest BCUT2D eigenvalue weighted by molar-refractivity contribution is -0.166. The number of hydrogen-bond acceptors (Lipinski definition) is 6. The molecule has 0 aromatic heterocycles. The first-order chi connectivity index (χ1) is 12.1. The molecule has 0 heterocycles. The fraction of sp³-hybridized carbons (Fsp3) is 0.263. The Bertz CT molecular complexity index is 629. The third kappa shape index (κ3) is 6.18. The van der Waals surface area contributed by atoms with Crippen LogP contribution in [-0.4, -0.2) is 33.0 Å². The van der Waals surface area contributed by atoms with Crippen LogP contribution in [0.4, 0.5) is 0 Å². The van der Waals surface area contributed by atoms with Gasteiger partial charge in [0.05, 0.1) is 27.1 Å². The van der Waals surface area contributed by atoms with Crippen molar-refractivity contribution in [2.24, 2.45) is 0 Å². The van der Waals surface area contributed by atoms with Gasteiger partial charge in [-0.2, -0.15) is 0 Å². The highest BCUT2D eigenvalue weighted by molar-refractivity contribution is 5.74. The molecule has 2 rings (SSSR count). The summed E-state index contributed by atoms with van der Waals surface area (Å²) in [5, 5.41) is 0. The van der Waals surface area contributed by atoms with Gasteiger partial charge < -0.3 is 18.9 Å². The second kappa shape index (κ2) is 9.32. The smallest absolute Gasteiger partial charge is 0.313 e. The van der Waals surface area contributed by atoms with Gasteiger partial charge in [-0.3, -0.25) is 9.59 Å². The SMILES string of the molecule is COc1ccc(CC(=O)OCOC(=O)Cc2ccc(OC)cc2)cc1. The molecule has 0 aliphatic heterocycles. The van der Waals surface area contributed by atoms with E-state index in [1.165, 1.54) is 0 Å². The zero-order chi connectivity index (χ0) is 18.1. The number of benzene rings is 2. The van der Waals surface area contributed by atoms with Crippen LogP contribution in [0.25, 0.3) is 0 Å². The molecule has 0 radical (unpaired) electrons. The van der Waals surface area contributed by atoms with Crippen molar-refractivity contribution in [1.82, 2.24) is 0 Å². The van der Waals surface area contributed by atoms with Crippen LogP contribution in [0.5, 0.6) is 11.5 Å². The van der Waals surface area contributed by atoms with Crippen LogP contribution < -0.4 is 9.47 Å². The van der Waals surface area contributed by atoms with Crippen LogP contribution in [0.1, 0.15) is 11.1 Å². The van der Waals surface area contributed by atoms with Crippen LogP contribution in [0, 0.1) is 0 Å². The van der Waals surface area contributed by atoms with Gasteiger partial charge in [0, 0.05) is 0 Å². The normalized spacial score (nSPS) is 10.0. The topological polar surface area (TPSA) is 71.1 Å². The largest absolute Gasteiger partial charge is 0.497 e. The van der Waals surface area contributed by atoms with Crippen molar-refractivity contribution in [2.75, 3.05) is 21.0 Å². The lowest BCUT2D eigenvalue weighted by atomic mass is 10.1. The fourth-order valence-corrected chi connectivity index (χ4v) is 2.08. The molecular weight excluding hydrogens is 324 g/mol. The van der Waals surface area contributed by atoms with Crippen molar-refractivity contribution in [3.8, 4) is 11.5 Å². The van der Waals surface area contributed by atoms with Crippen molar-refractivity contribution >= 4 is 11.9 Å². The van der Waals surface area contributed by atoms with Gasteiger partial charge in [0.25, 0.3) is 0 Å². The van der Waals surface area contributed by atoms with Gasteiger partial charge >= 0.3 is 11.9 Å². The minimum Gasteiger partial charge on any atom is -0.497 e. The Morgan fingerprint density at radius 2 is 1.04 bits per heavy atom. The molecule has 0 aliphatic rings. The van der Waals surface area contributed by atoms with Crippen molar-refractivity contribution in [3.05, 3.63) is 59.7 Å². The van der Waals surface area contributed by atoms with Crippen LogP contribution in [-0.2, 0) is 31.9 Å². The van der Waals surface area contributed by atoms with E-state index in [1.807, 2.05) is 0 Å². The van der Waals surface area contributed by atoms with E-state index >= 15 is 0 Å². The molecule has 0 fully saturated rings. The molecule has 0 N–H and O–H groups in total. The van der Waals surface area contributed by atoms with Crippen LogP contribution in [0.15, 0.2) is 48.5 Å². The van der Waals surface area contributed by atoms with E-state index in [1.54, 1.807) is 62.8 Å². The lowest BCUT2D eigenvalue weighted by Crippen LogP contribution is -2.15. The minimum atomic E-state index is -0.470. The number of ether oxygens (including phenoxy) is 4. The predicted octanol–water partition coefficient (Wildman–Crippen LogP) is 2.53. The first-order valence-corrected chi connectivity index (χ1v) is 7.68. The van der Waals surface area contributed by atoms with Gasteiger partial charge in [0.15, 0.2) is 0 Å². The van der Waals surface area contributed by atoms with E-state index in [9.17, 15) is 9.59 Å². The third-order valence-corrected chi connectivity index (χ3v) is 3.45. The zero-order valence-electron chi connectivity index (χ0n) is 14.2. The standard InChI is InChI=1S/C19H20O6/c1-22-16-7-3-14(4-8-16)11-18(20)24-13-25-19(21)12-15-5-9-17(23-2)10-6-15/h3-10H,11-13H2,1-2H3. The highest BCUT2D eigenvalue weighted by Crippen LogP contribution is 2.13. The molecule has 0 atom stereocenters. The third-order valence-electron chi connectivity index (χ3n) is 3.45. The van der Waals surface area contributed by atoms with Gasteiger partial charge in [-0.15, -0.1) is 0 Å². The molecule has 2 aromatic rings. The van der Waals surface area contributed by atoms with Crippen molar-refractivity contribution < 1.29 is 28.5 Å². The Morgan fingerprint density at radius 3 is 1.36 bits per heavy atom. The summed E-state index contributed by atoms with van der Waals surface area (Å²) in [6, 6.07) is 14.1. The number of carbonyl (C=O) groups is 2. The quantitative estimate of drug-likeness (QED) is 0.541. The Kier molecular flexibility index (Phi) is 6.83. The molecule has 0 unspecified atom stereocenters. The fourth-order valence-electron chi connectivity index (χ4n) is 2.08. The molecule has 0 amide bonds. The highest BCUT2D eigenvalue weighted by Gasteiger charge is 2.09. The van der Waals surface area contributed by atoms with Crippen molar-refractivity contribution in [3.63, 3.8) is 0 Å². The molecule has 25 heavy (non-hydrogen) atoms. The number of carbonyl (C=O) groups excluding carboxylic acids is 2. The minimum absolute atomic E-state index is 0.0972. The molecule has 0 aliphatic carbocycles. The summed E-state index contributed by atoms with van der Waals surface area (Å²) in [4.78, 5) is 23.4. The molecule has 2 aromatic carbocycles. The van der Waals surface area contributed by atoms with E-state index in [2.05, 4.69) is 0 Å². The number of rotatable bonds is 8. The molecular formula is C19H20O6. The molecule has 0 saturated carbocycles. The molecule has 6 nitrogen and oxygen atoms in total. The Morgan fingerprint density at radius 1 is 0.680 bits per heavy atom. The summed E-state index contributed by atoms with van der Waals surface area (Å²) in [6.07, 6.45) is 0.194. The average molecular weight is 344 g/mol. The van der Waals surface area contributed by atoms with Gasteiger partial charge in [-0.1, -0.05) is 24.3 Å².